The number of likely N-dealkylation sites (N-methyl/N-ethyl adjacent to an activating group) is 1. The number of para-hydroxylation sites is 2. The summed E-state index contributed by atoms with van der Waals surface area (Å²) >= 11 is 0. The highest BCUT2D eigenvalue weighted by Crippen LogP contribution is 2.33. The van der Waals surface area contributed by atoms with Gasteiger partial charge in [-0.15, -0.1) is 0 Å². The maximum Gasteiger partial charge on any atom is 0.262 e. The van der Waals surface area contributed by atoms with Gasteiger partial charge in [-0.3, -0.25) is 9.59 Å². The molecule has 2 heterocycles. The summed E-state index contributed by atoms with van der Waals surface area (Å²) in [5.41, 5.74) is 0.842. The quantitative estimate of drug-likeness (QED) is 0.840. The predicted octanol–water partition coefficient (Wildman–Crippen LogP) is -0.141. The number of nitrogens with one attached hydrogen (secondary N) is 1. The van der Waals surface area contributed by atoms with Gasteiger partial charge in [0.15, 0.2) is 6.10 Å². The fourth-order valence-corrected chi connectivity index (χ4v) is 2.83. The average Bonchev–Trinajstić information content (AvgIpc) is 2.61. The smallest absolute Gasteiger partial charge is 0.262 e. The summed E-state index contributed by atoms with van der Waals surface area (Å²) in [4.78, 5) is 28.2. The summed E-state index contributed by atoms with van der Waals surface area (Å²) in [7, 11) is 1.58. The van der Waals surface area contributed by atoms with Crippen LogP contribution in [0, 0.1) is 0 Å². The number of amides is 2. The van der Waals surface area contributed by atoms with E-state index in [9.17, 15) is 9.59 Å². The van der Waals surface area contributed by atoms with Crippen LogP contribution in [-0.4, -0.2) is 69.3 Å². The highest BCUT2D eigenvalue weighted by Gasteiger charge is 2.32. The van der Waals surface area contributed by atoms with E-state index in [1.165, 1.54) is 0 Å². The molecule has 3 rings (SSSR count). The molecule has 1 fully saturated rings. The van der Waals surface area contributed by atoms with Gasteiger partial charge >= 0.3 is 0 Å². The molecule has 1 aromatic carbocycles. The van der Waals surface area contributed by atoms with E-state index >= 15 is 0 Å². The summed E-state index contributed by atoms with van der Waals surface area (Å²) in [6.07, 6.45) is -0.618. The molecule has 1 N–H and O–H groups in total. The molecule has 2 aliphatic heterocycles. The van der Waals surface area contributed by atoms with E-state index < -0.39 is 6.10 Å². The summed E-state index contributed by atoms with van der Waals surface area (Å²) in [5, 5.41) is 2.60. The van der Waals surface area contributed by atoms with Crippen LogP contribution in [0.2, 0.25) is 0 Å². The number of fused-ring (bicyclic) bond motifs is 1. The number of hydrogen-bond acceptors (Lipinski definition) is 5. The molecule has 7 nitrogen and oxygen atoms in total. The van der Waals surface area contributed by atoms with E-state index in [0.717, 1.165) is 5.69 Å². The Morgan fingerprint density at radius 3 is 2.74 bits per heavy atom. The third-order valence-electron chi connectivity index (χ3n) is 4.09. The van der Waals surface area contributed by atoms with Crippen molar-refractivity contribution in [2.45, 2.75) is 6.10 Å². The van der Waals surface area contributed by atoms with Gasteiger partial charge in [0.05, 0.1) is 32.0 Å². The number of carbonyl (C=O) groups excluding carboxylic acids is 2. The van der Waals surface area contributed by atoms with Gasteiger partial charge in [0.2, 0.25) is 5.91 Å². The van der Waals surface area contributed by atoms with Gasteiger partial charge in [-0.1, -0.05) is 12.1 Å². The molecule has 0 aliphatic carbocycles. The first-order chi connectivity index (χ1) is 11.2. The molecular formula is C16H21N3O4. The molecule has 23 heavy (non-hydrogen) atoms. The summed E-state index contributed by atoms with van der Waals surface area (Å²) in [5.74, 6) is 0.478. The number of anilines is 1. The molecule has 0 saturated carbocycles. The number of hydrogen-bond donors (Lipinski definition) is 1. The molecule has 0 spiro atoms. The number of carbonyl (C=O) groups is 2. The van der Waals surface area contributed by atoms with Crippen LogP contribution in [-0.2, 0) is 14.3 Å². The molecule has 2 amide bonds. The van der Waals surface area contributed by atoms with Crippen molar-refractivity contribution in [3.8, 4) is 5.75 Å². The minimum atomic E-state index is -0.618. The largest absolute Gasteiger partial charge is 0.477 e. The van der Waals surface area contributed by atoms with Gasteiger partial charge in [-0.25, -0.2) is 0 Å². The van der Waals surface area contributed by atoms with Crippen molar-refractivity contribution in [2.24, 2.45) is 0 Å². The minimum Gasteiger partial charge on any atom is -0.477 e. The zero-order chi connectivity index (χ0) is 16.2. The molecule has 1 aromatic rings. The SMILES string of the molecule is CNC(=O)[C@H]1CN(CC(=O)N2CCOCC2)c2ccccc2O1. The van der Waals surface area contributed by atoms with Crippen molar-refractivity contribution in [3.63, 3.8) is 0 Å². The van der Waals surface area contributed by atoms with Crippen molar-refractivity contribution in [1.82, 2.24) is 10.2 Å². The first kappa shape index (κ1) is 15.6. The van der Waals surface area contributed by atoms with Crippen LogP contribution in [0.5, 0.6) is 5.75 Å². The third kappa shape index (κ3) is 3.39. The maximum atomic E-state index is 12.5. The van der Waals surface area contributed by atoms with Crippen LogP contribution in [0.3, 0.4) is 0 Å². The van der Waals surface area contributed by atoms with Gasteiger partial charge in [-0.05, 0) is 12.1 Å². The lowest BCUT2D eigenvalue weighted by atomic mass is 10.1. The van der Waals surface area contributed by atoms with Gasteiger partial charge < -0.3 is 24.6 Å². The Hall–Kier alpha value is -2.28. The molecule has 0 unspecified atom stereocenters. The lowest BCUT2D eigenvalue weighted by Gasteiger charge is -2.36. The Kier molecular flexibility index (Phi) is 4.66. The Morgan fingerprint density at radius 2 is 2.00 bits per heavy atom. The van der Waals surface area contributed by atoms with Crippen molar-refractivity contribution in [3.05, 3.63) is 24.3 Å². The predicted molar refractivity (Wildman–Crippen MR) is 84.5 cm³/mol. The summed E-state index contributed by atoms with van der Waals surface area (Å²) in [6.45, 7) is 2.96. The topological polar surface area (TPSA) is 71.1 Å². The Labute approximate surface area is 135 Å². The van der Waals surface area contributed by atoms with Gasteiger partial charge in [0, 0.05) is 20.1 Å². The first-order valence-electron chi connectivity index (χ1n) is 7.77. The van der Waals surface area contributed by atoms with Crippen LogP contribution < -0.4 is 15.0 Å². The van der Waals surface area contributed by atoms with E-state index in [4.69, 9.17) is 9.47 Å². The lowest BCUT2D eigenvalue weighted by molar-refractivity contribution is -0.134. The number of ether oxygens (including phenoxy) is 2. The number of nitrogens with zero attached hydrogens (tertiary/aromatic N) is 2. The fourth-order valence-electron chi connectivity index (χ4n) is 2.83. The van der Waals surface area contributed by atoms with E-state index in [0.29, 0.717) is 38.6 Å². The Morgan fingerprint density at radius 1 is 1.26 bits per heavy atom. The van der Waals surface area contributed by atoms with E-state index in [1.54, 1.807) is 11.9 Å². The fraction of sp³-hybridized carbons (Fsp3) is 0.500. The second-order valence-electron chi connectivity index (χ2n) is 5.56. The third-order valence-corrected chi connectivity index (χ3v) is 4.09. The molecule has 0 aromatic heterocycles. The monoisotopic (exact) mass is 319 g/mol. The molecular weight excluding hydrogens is 298 g/mol. The molecule has 1 saturated heterocycles. The van der Waals surface area contributed by atoms with Crippen molar-refractivity contribution < 1.29 is 19.1 Å². The molecule has 2 aliphatic rings. The van der Waals surface area contributed by atoms with Gasteiger partial charge in [0.1, 0.15) is 5.75 Å². The van der Waals surface area contributed by atoms with Crippen LogP contribution >= 0.6 is 0 Å². The number of rotatable bonds is 3. The van der Waals surface area contributed by atoms with Crippen molar-refractivity contribution in [2.75, 3.05) is 51.3 Å². The second-order valence-corrected chi connectivity index (χ2v) is 5.56. The number of benzene rings is 1. The van der Waals surface area contributed by atoms with Crippen LogP contribution in [0.25, 0.3) is 0 Å². The van der Waals surface area contributed by atoms with E-state index in [2.05, 4.69) is 5.32 Å². The van der Waals surface area contributed by atoms with Crippen LogP contribution in [0.4, 0.5) is 5.69 Å². The standard InChI is InChI=1S/C16H21N3O4/c1-17-16(21)14-10-19(12-4-2-3-5-13(12)23-14)11-15(20)18-6-8-22-9-7-18/h2-5,14H,6-11H2,1H3,(H,17,21)/t14-/m1/s1. The maximum absolute atomic E-state index is 12.5. The van der Waals surface area contributed by atoms with Crippen molar-refractivity contribution >= 4 is 17.5 Å². The lowest BCUT2D eigenvalue weighted by Crippen LogP contribution is -2.52. The molecule has 0 radical (unpaired) electrons. The van der Waals surface area contributed by atoms with Crippen LogP contribution in [0.1, 0.15) is 0 Å². The summed E-state index contributed by atoms with van der Waals surface area (Å²) in [6, 6.07) is 7.47. The Balaban J connectivity index is 1.76. The zero-order valence-electron chi connectivity index (χ0n) is 13.2. The van der Waals surface area contributed by atoms with Crippen molar-refractivity contribution in [1.29, 1.82) is 0 Å². The molecule has 1 atom stereocenters. The van der Waals surface area contributed by atoms with Gasteiger partial charge in [-0.2, -0.15) is 0 Å². The Bertz CT molecular complexity index is 586. The highest BCUT2D eigenvalue weighted by atomic mass is 16.5. The number of morpholine rings is 1. The highest BCUT2D eigenvalue weighted by molar-refractivity contribution is 5.86. The first-order valence-corrected chi connectivity index (χ1v) is 7.77. The van der Waals surface area contributed by atoms with E-state index in [1.807, 2.05) is 29.2 Å². The molecule has 0 bridgehead atoms. The molecule has 7 heteroatoms. The molecule has 124 valence electrons. The average molecular weight is 319 g/mol. The normalized spacial score (nSPS) is 20.5. The summed E-state index contributed by atoms with van der Waals surface area (Å²) < 4.78 is 11.0. The van der Waals surface area contributed by atoms with Crippen LogP contribution in [0.15, 0.2) is 24.3 Å². The van der Waals surface area contributed by atoms with E-state index in [-0.39, 0.29) is 18.4 Å². The van der Waals surface area contributed by atoms with Gasteiger partial charge in [0.25, 0.3) is 5.91 Å². The minimum absolute atomic E-state index is 0.0423. The zero-order valence-corrected chi connectivity index (χ0v) is 13.2. The second kappa shape index (κ2) is 6.87.